The first-order valence-corrected chi connectivity index (χ1v) is 8.07. The minimum Gasteiger partial charge on any atom is -0.448 e. The summed E-state index contributed by atoms with van der Waals surface area (Å²) in [6, 6.07) is 1.95. The number of oxazole rings is 1. The maximum Gasteiger partial charge on any atom is 0.231 e. The van der Waals surface area contributed by atoms with Gasteiger partial charge in [0.25, 0.3) is 0 Å². The zero-order valence-electron chi connectivity index (χ0n) is 12.5. The number of aromatic amines is 1. The van der Waals surface area contributed by atoms with Gasteiger partial charge in [-0.3, -0.25) is 9.89 Å². The molecule has 6 heteroatoms. The molecule has 2 fully saturated rings. The van der Waals surface area contributed by atoms with E-state index in [1.165, 1.54) is 25.7 Å². The van der Waals surface area contributed by atoms with Crippen LogP contribution >= 0.6 is 0 Å². The third-order valence-electron chi connectivity index (χ3n) is 4.50. The minimum atomic E-state index is -0.111. The molecule has 2 aliphatic carbocycles. The third-order valence-corrected chi connectivity index (χ3v) is 4.50. The van der Waals surface area contributed by atoms with Gasteiger partial charge >= 0.3 is 0 Å². The van der Waals surface area contributed by atoms with Crippen LogP contribution in [0.15, 0.2) is 16.7 Å². The number of aromatic nitrogens is 3. The van der Waals surface area contributed by atoms with Crippen LogP contribution in [0.1, 0.15) is 67.6 Å². The fourth-order valence-corrected chi connectivity index (χ4v) is 3.12. The molecule has 0 atom stereocenters. The molecule has 0 saturated heterocycles. The molecule has 2 aromatic rings. The van der Waals surface area contributed by atoms with Crippen LogP contribution in [0.4, 0.5) is 5.82 Å². The molecule has 6 nitrogen and oxygen atoms in total. The average Bonchev–Trinajstić information content (AvgIpc) is 2.95. The first-order valence-electron chi connectivity index (χ1n) is 8.07. The summed E-state index contributed by atoms with van der Waals surface area (Å²) in [6.07, 6.45) is 9.06. The fraction of sp³-hybridized carbons (Fsp3) is 0.562. The Morgan fingerprint density at radius 2 is 2.09 bits per heavy atom. The molecule has 1 amide bonds. The first-order chi connectivity index (χ1) is 10.8. The lowest BCUT2D eigenvalue weighted by Gasteiger charge is -2.03. The van der Waals surface area contributed by atoms with Crippen molar-refractivity contribution in [1.82, 2.24) is 15.2 Å². The lowest BCUT2D eigenvalue weighted by Crippen LogP contribution is -2.14. The van der Waals surface area contributed by atoms with E-state index in [1.54, 1.807) is 6.26 Å². The third kappa shape index (κ3) is 2.91. The van der Waals surface area contributed by atoms with Crippen molar-refractivity contribution in [3.8, 4) is 0 Å². The van der Waals surface area contributed by atoms with Gasteiger partial charge in [0.15, 0.2) is 11.7 Å². The van der Waals surface area contributed by atoms with E-state index in [0.717, 1.165) is 24.4 Å². The van der Waals surface area contributed by atoms with E-state index in [4.69, 9.17) is 4.42 Å². The normalized spacial score (nSPS) is 18.7. The van der Waals surface area contributed by atoms with Crippen LogP contribution in [0, 0.1) is 0 Å². The van der Waals surface area contributed by atoms with Gasteiger partial charge in [0.05, 0.1) is 12.1 Å². The summed E-state index contributed by atoms with van der Waals surface area (Å²) in [5.74, 6) is 2.29. The van der Waals surface area contributed by atoms with Crippen LogP contribution in [-0.2, 0) is 11.2 Å². The Balaban J connectivity index is 1.34. The largest absolute Gasteiger partial charge is 0.448 e. The number of carbonyl (C=O) groups excluding carboxylic acids is 1. The zero-order valence-corrected chi connectivity index (χ0v) is 12.5. The second kappa shape index (κ2) is 5.59. The Morgan fingerprint density at radius 3 is 2.86 bits per heavy atom. The Hall–Kier alpha value is -2.11. The van der Waals surface area contributed by atoms with E-state index in [-0.39, 0.29) is 12.3 Å². The van der Waals surface area contributed by atoms with Crippen molar-refractivity contribution >= 4 is 11.7 Å². The maximum absolute atomic E-state index is 12.1. The van der Waals surface area contributed by atoms with Crippen LogP contribution in [0.3, 0.4) is 0 Å². The van der Waals surface area contributed by atoms with Gasteiger partial charge in [0.1, 0.15) is 6.26 Å². The van der Waals surface area contributed by atoms with Gasteiger partial charge in [0, 0.05) is 23.6 Å². The molecule has 2 aromatic heterocycles. The van der Waals surface area contributed by atoms with Crippen LogP contribution in [0.2, 0.25) is 0 Å². The quantitative estimate of drug-likeness (QED) is 0.888. The monoisotopic (exact) mass is 300 g/mol. The highest BCUT2D eigenvalue weighted by Gasteiger charge is 2.28. The van der Waals surface area contributed by atoms with E-state index in [2.05, 4.69) is 20.5 Å². The maximum atomic E-state index is 12.1. The molecule has 4 rings (SSSR count). The number of nitrogens with one attached hydrogen (secondary N) is 2. The second-order valence-corrected chi connectivity index (χ2v) is 6.37. The van der Waals surface area contributed by atoms with Crippen molar-refractivity contribution in [1.29, 1.82) is 0 Å². The number of hydrogen-bond donors (Lipinski definition) is 2. The molecular formula is C16H20N4O2. The van der Waals surface area contributed by atoms with Gasteiger partial charge in [0.2, 0.25) is 5.91 Å². The van der Waals surface area contributed by atoms with Gasteiger partial charge in [-0.25, -0.2) is 4.98 Å². The van der Waals surface area contributed by atoms with Gasteiger partial charge in [-0.1, -0.05) is 12.8 Å². The number of rotatable bonds is 5. The second-order valence-electron chi connectivity index (χ2n) is 6.37. The highest BCUT2D eigenvalue weighted by atomic mass is 16.3. The van der Waals surface area contributed by atoms with Gasteiger partial charge < -0.3 is 9.73 Å². The average molecular weight is 300 g/mol. The summed E-state index contributed by atoms with van der Waals surface area (Å²) in [5.41, 5.74) is 1.82. The van der Waals surface area contributed by atoms with Crippen LogP contribution < -0.4 is 5.32 Å². The highest BCUT2D eigenvalue weighted by molar-refractivity contribution is 5.91. The number of amides is 1. The van der Waals surface area contributed by atoms with E-state index in [0.29, 0.717) is 23.3 Å². The molecule has 2 heterocycles. The van der Waals surface area contributed by atoms with Crippen molar-refractivity contribution in [2.24, 2.45) is 0 Å². The number of anilines is 1. The lowest BCUT2D eigenvalue weighted by atomic mass is 10.0. The van der Waals surface area contributed by atoms with Gasteiger partial charge in [-0.15, -0.1) is 0 Å². The van der Waals surface area contributed by atoms with E-state index >= 15 is 0 Å². The van der Waals surface area contributed by atoms with Crippen LogP contribution in [0.5, 0.6) is 0 Å². The Bertz CT molecular complexity index is 665. The highest BCUT2D eigenvalue weighted by Crippen LogP contribution is 2.39. The van der Waals surface area contributed by atoms with Crippen molar-refractivity contribution in [2.45, 2.75) is 56.8 Å². The minimum absolute atomic E-state index is 0.111. The number of H-pyrrole nitrogens is 1. The predicted molar refractivity (Wildman–Crippen MR) is 80.6 cm³/mol. The Morgan fingerprint density at radius 1 is 1.27 bits per heavy atom. The SMILES string of the molecule is O=C(Cc1coc(C2CC2)n1)Nc1cc(C2CCCC2)[nH]n1. The molecule has 0 spiro atoms. The summed E-state index contributed by atoms with van der Waals surface area (Å²) in [5, 5.41) is 10.1. The Kier molecular flexibility index (Phi) is 3.44. The predicted octanol–water partition coefficient (Wildman–Crippen LogP) is 3.11. The van der Waals surface area contributed by atoms with Gasteiger partial charge in [-0.2, -0.15) is 5.10 Å². The van der Waals surface area contributed by atoms with Crippen molar-refractivity contribution in [3.05, 3.63) is 29.6 Å². The summed E-state index contributed by atoms with van der Waals surface area (Å²) < 4.78 is 5.40. The molecule has 0 aromatic carbocycles. The topological polar surface area (TPSA) is 83.8 Å². The molecule has 0 bridgehead atoms. The van der Waals surface area contributed by atoms with Crippen molar-refractivity contribution in [2.75, 3.05) is 5.32 Å². The lowest BCUT2D eigenvalue weighted by molar-refractivity contribution is -0.115. The summed E-state index contributed by atoms with van der Waals surface area (Å²) >= 11 is 0. The fourth-order valence-electron chi connectivity index (χ4n) is 3.12. The Labute approximate surface area is 128 Å². The standard InChI is InChI=1S/C16H20N4O2/c21-15(7-12-9-22-16(17-12)11-5-6-11)18-14-8-13(19-20-14)10-3-1-2-4-10/h8-11H,1-7H2,(H2,18,19,20,21). The molecule has 2 N–H and O–H groups in total. The van der Waals surface area contributed by atoms with E-state index < -0.39 is 0 Å². The molecule has 2 aliphatic rings. The molecule has 0 aliphatic heterocycles. The summed E-state index contributed by atoms with van der Waals surface area (Å²) in [7, 11) is 0. The smallest absolute Gasteiger partial charge is 0.231 e. The van der Waals surface area contributed by atoms with Crippen molar-refractivity contribution in [3.63, 3.8) is 0 Å². The number of hydrogen-bond acceptors (Lipinski definition) is 4. The summed E-state index contributed by atoms with van der Waals surface area (Å²) in [4.78, 5) is 16.4. The molecule has 2 saturated carbocycles. The van der Waals surface area contributed by atoms with Crippen LogP contribution in [-0.4, -0.2) is 21.1 Å². The van der Waals surface area contributed by atoms with E-state index in [1.807, 2.05) is 6.07 Å². The number of carbonyl (C=O) groups is 1. The number of nitrogens with zero attached hydrogens (tertiary/aromatic N) is 2. The van der Waals surface area contributed by atoms with Gasteiger partial charge in [-0.05, 0) is 25.7 Å². The molecule has 0 radical (unpaired) electrons. The molecule has 0 unspecified atom stereocenters. The van der Waals surface area contributed by atoms with E-state index in [9.17, 15) is 4.79 Å². The molecule has 116 valence electrons. The van der Waals surface area contributed by atoms with Crippen molar-refractivity contribution < 1.29 is 9.21 Å². The molecular weight excluding hydrogens is 280 g/mol. The summed E-state index contributed by atoms with van der Waals surface area (Å²) in [6.45, 7) is 0. The molecule has 22 heavy (non-hydrogen) atoms. The first kappa shape index (κ1) is 13.5. The zero-order chi connectivity index (χ0) is 14.9. The van der Waals surface area contributed by atoms with Crippen LogP contribution in [0.25, 0.3) is 0 Å².